The third kappa shape index (κ3) is 32.1. The minimum Gasteiger partial charge on any atom is -0.550 e. The molecule has 0 radical (unpaired) electrons. The Hall–Kier alpha value is 0.0274. The molecule has 0 aliphatic heterocycles. The number of hydrogen-bond acceptors (Lipinski definition) is 3. The molecule has 0 atom stereocenters. The maximum atomic E-state index is 10.8. The molecule has 0 aromatic rings. The van der Waals surface area contributed by atoms with Crippen molar-refractivity contribution in [3.63, 3.8) is 0 Å². The fourth-order valence-corrected chi connectivity index (χ4v) is 5.14. The first-order valence-corrected chi connectivity index (χ1v) is 16.1. The minimum atomic E-state index is -0.902. The molecule has 0 unspecified atom stereocenters. The van der Waals surface area contributed by atoms with Crippen molar-refractivity contribution >= 4 is 5.97 Å². The normalized spacial score (nSPS) is 11.2. The molecule has 210 valence electrons. The van der Waals surface area contributed by atoms with Gasteiger partial charge in [0.15, 0.2) is 0 Å². The number of nitrogens with zero attached hydrogens (tertiary/aromatic N) is 1. The van der Waals surface area contributed by atoms with Crippen LogP contribution in [0.25, 0.3) is 0 Å². The van der Waals surface area contributed by atoms with Crippen molar-refractivity contribution in [3.8, 4) is 0 Å². The SMILES string of the molecule is CCCCCCCCCCCCCCN(CCCCCCCCCCCCCC)CCCC(=O)[O-].[Li+]. The van der Waals surface area contributed by atoms with Crippen LogP contribution in [0.4, 0.5) is 0 Å². The van der Waals surface area contributed by atoms with E-state index in [-0.39, 0.29) is 25.3 Å². The molecule has 0 heterocycles. The second kappa shape index (κ2) is 33.1. The summed E-state index contributed by atoms with van der Waals surface area (Å²) in [5, 5.41) is 10.8. The minimum absolute atomic E-state index is 0. The van der Waals surface area contributed by atoms with Gasteiger partial charge in [0.1, 0.15) is 0 Å². The predicted molar refractivity (Wildman–Crippen MR) is 153 cm³/mol. The Morgan fingerprint density at radius 3 is 0.972 bits per heavy atom. The molecule has 36 heavy (non-hydrogen) atoms. The van der Waals surface area contributed by atoms with Crippen LogP contribution in [0.15, 0.2) is 0 Å². The number of carboxylic acid groups (broad SMARTS) is 1. The maximum absolute atomic E-state index is 10.8. The van der Waals surface area contributed by atoms with Crippen LogP contribution in [0.3, 0.4) is 0 Å². The summed E-state index contributed by atoms with van der Waals surface area (Å²) < 4.78 is 0. The number of carbonyl (C=O) groups excluding carboxylic acids is 1. The third-order valence-corrected chi connectivity index (χ3v) is 7.51. The molecule has 4 heteroatoms. The molecule has 0 aromatic carbocycles. The van der Waals surface area contributed by atoms with E-state index in [1.165, 1.54) is 154 Å². The zero-order valence-corrected chi connectivity index (χ0v) is 25.3. The molecular formula is C32H64LiNO2. The average molecular weight is 502 g/mol. The van der Waals surface area contributed by atoms with E-state index in [9.17, 15) is 9.90 Å². The van der Waals surface area contributed by atoms with Gasteiger partial charge in [-0.15, -0.1) is 0 Å². The van der Waals surface area contributed by atoms with Crippen molar-refractivity contribution in [2.24, 2.45) is 0 Å². The second-order valence-electron chi connectivity index (χ2n) is 11.1. The van der Waals surface area contributed by atoms with Gasteiger partial charge in [-0.25, -0.2) is 0 Å². The summed E-state index contributed by atoms with van der Waals surface area (Å²) in [5.41, 5.74) is 0. The summed E-state index contributed by atoms with van der Waals surface area (Å²) in [7, 11) is 0. The summed E-state index contributed by atoms with van der Waals surface area (Å²) in [6.07, 6.45) is 34.2. The summed E-state index contributed by atoms with van der Waals surface area (Å²) in [4.78, 5) is 13.3. The van der Waals surface area contributed by atoms with Gasteiger partial charge in [-0.3, -0.25) is 0 Å². The molecule has 0 rings (SSSR count). The van der Waals surface area contributed by atoms with Crippen LogP contribution in [0, 0.1) is 0 Å². The predicted octanol–water partition coefficient (Wildman–Crippen LogP) is 6.22. The van der Waals surface area contributed by atoms with Gasteiger partial charge in [-0.2, -0.15) is 0 Å². The number of aliphatic carboxylic acids is 1. The molecule has 0 aliphatic rings. The molecule has 0 N–H and O–H groups in total. The van der Waals surface area contributed by atoms with Gasteiger partial charge < -0.3 is 14.8 Å². The van der Waals surface area contributed by atoms with E-state index >= 15 is 0 Å². The van der Waals surface area contributed by atoms with Crippen molar-refractivity contribution < 1.29 is 28.8 Å². The molecule has 0 saturated heterocycles. The quantitative estimate of drug-likeness (QED) is 0.0866. The monoisotopic (exact) mass is 502 g/mol. The first-order valence-electron chi connectivity index (χ1n) is 16.1. The standard InChI is InChI=1S/C32H65NO2.Li/c1-3-5-7-9-11-13-15-17-19-21-23-25-29-33(31-27-28-32(34)35)30-26-24-22-20-18-16-14-12-10-8-6-4-2;/h3-31H2,1-2H3,(H,34,35);/q;+1/p-1. The summed E-state index contributed by atoms with van der Waals surface area (Å²) in [6, 6.07) is 0. The second-order valence-corrected chi connectivity index (χ2v) is 11.1. The first kappa shape index (κ1) is 38.2. The fraction of sp³-hybridized carbons (Fsp3) is 0.969. The van der Waals surface area contributed by atoms with E-state index in [1.54, 1.807) is 0 Å². The van der Waals surface area contributed by atoms with E-state index in [2.05, 4.69) is 18.7 Å². The van der Waals surface area contributed by atoms with Gasteiger partial charge in [-0.05, 0) is 45.3 Å². The zero-order chi connectivity index (χ0) is 25.7. The van der Waals surface area contributed by atoms with E-state index in [0.717, 1.165) is 26.1 Å². The number of unbranched alkanes of at least 4 members (excludes halogenated alkanes) is 22. The number of carboxylic acids is 1. The van der Waals surface area contributed by atoms with Crippen LogP contribution in [0.1, 0.15) is 181 Å². The smallest absolute Gasteiger partial charge is 0.550 e. The Morgan fingerprint density at radius 2 is 0.694 bits per heavy atom. The molecule has 0 aromatic heterocycles. The van der Waals surface area contributed by atoms with Gasteiger partial charge in [0.05, 0.1) is 0 Å². The Labute approximate surface area is 239 Å². The summed E-state index contributed by atoms with van der Waals surface area (Å²) >= 11 is 0. The molecule has 0 aliphatic carbocycles. The van der Waals surface area contributed by atoms with Crippen LogP contribution in [0.2, 0.25) is 0 Å². The Kier molecular flexibility index (Phi) is 35.1. The zero-order valence-electron chi connectivity index (χ0n) is 25.3. The number of carbonyl (C=O) groups is 1. The molecule has 0 spiro atoms. The van der Waals surface area contributed by atoms with Crippen molar-refractivity contribution in [3.05, 3.63) is 0 Å². The molecule has 0 saturated carbocycles. The molecule has 3 nitrogen and oxygen atoms in total. The summed E-state index contributed by atoms with van der Waals surface area (Å²) in [6.45, 7) is 7.77. The Morgan fingerprint density at radius 1 is 0.444 bits per heavy atom. The summed E-state index contributed by atoms with van der Waals surface area (Å²) in [5.74, 6) is -0.902. The van der Waals surface area contributed by atoms with Crippen LogP contribution in [-0.4, -0.2) is 30.5 Å². The topological polar surface area (TPSA) is 43.4 Å². The molecule has 0 amide bonds. The number of rotatable bonds is 30. The van der Waals surface area contributed by atoms with E-state index < -0.39 is 5.97 Å². The van der Waals surface area contributed by atoms with Gasteiger partial charge in [0.2, 0.25) is 0 Å². The van der Waals surface area contributed by atoms with Crippen LogP contribution in [0.5, 0.6) is 0 Å². The maximum Gasteiger partial charge on any atom is 1.00 e. The molecule has 0 fully saturated rings. The Balaban J connectivity index is 0. The van der Waals surface area contributed by atoms with Gasteiger partial charge >= 0.3 is 18.9 Å². The van der Waals surface area contributed by atoms with Gasteiger partial charge in [0.25, 0.3) is 0 Å². The molecule has 0 bridgehead atoms. The van der Waals surface area contributed by atoms with Gasteiger partial charge in [0, 0.05) is 5.97 Å². The van der Waals surface area contributed by atoms with Gasteiger partial charge in [-0.1, -0.05) is 155 Å². The van der Waals surface area contributed by atoms with Crippen molar-refractivity contribution in [2.75, 3.05) is 19.6 Å². The third-order valence-electron chi connectivity index (χ3n) is 7.51. The first-order chi connectivity index (χ1) is 17.2. The van der Waals surface area contributed by atoms with E-state index in [1.807, 2.05) is 0 Å². The van der Waals surface area contributed by atoms with Crippen LogP contribution >= 0.6 is 0 Å². The van der Waals surface area contributed by atoms with Crippen molar-refractivity contribution in [2.45, 2.75) is 181 Å². The number of hydrogen-bond donors (Lipinski definition) is 0. The molecular weight excluding hydrogens is 437 g/mol. The average Bonchev–Trinajstić information content (AvgIpc) is 2.84. The fourth-order valence-electron chi connectivity index (χ4n) is 5.14. The van der Waals surface area contributed by atoms with Crippen LogP contribution in [-0.2, 0) is 4.79 Å². The van der Waals surface area contributed by atoms with Crippen molar-refractivity contribution in [1.29, 1.82) is 0 Å². The van der Waals surface area contributed by atoms with Crippen molar-refractivity contribution in [1.82, 2.24) is 4.90 Å². The Bertz CT molecular complexity index is 391. The van der Waals surface area contributed by atoms with Crippen LogP contribution < -0.4 is 24.0 Å². The van der Waals surface area contributed by atoms with E-state index in [4.69, 9.17) is 0 Å². The largest absolute Gasteiger partial charge is 1.00 e. The van der Waals surface area contributed by atoms with E-state index in [0.29, 0.717) is 0 Å².